The smallest absolute Gasteiger partial charge is 0.191 e. The molecule has 2 aromatic rings. The van der Waals surface area contributed by atoms with Gasteiger partial charge in [-0.25, -0.2) is 0 Å². The third-order valence-corrected chi connectivity index (χ3v) is 3.75. The van der Waals surface area contributed by atoms with Crippen molar-refractivity contribution in [1.29, 1.82) is 0 Å². The van der Waals surface area contributed by atoms with Gasteiger partial charge in [0.15, 0.2) is 5.96 Å². The zero-order valence-corrected chi connectivity index (χ0v) is 16.0. The van der Waals surface area contributed by atoms with Gasteiger partial charge in [-0.2, -0.15) is 0 Å². The summed E-state index contributed by atoms with van der Waals surface area (Å²) in [5.74, 6) is 1.38. The molecule has 0 radical (unpaired) electrons. The Bertz CT molecular complexity index is 620. The average molecular weight is 412 g/mol. The van der Waals surface area contributed by atoms with Crippen LogP contribution in [0.1, 0.15) is 26.3 Å². The van der Waals surface area contributed by atoms with Crippen LogP contribution in [-0.4, -0.2) is 24.0 Å². The van der Waals surface area contributed by atoms with Crippen molar-refractivity contribution in [3.05, 3.63) is 42.1 Å². The molecule has 120 valence electrons. The first kappa shape index (κ1) is 18.7. The van der Waals surface area contributed by atoms with E-state index < -0.39 is 0 Å². The Morgan fingerprint density at radius 1 is 1.18 bits per heavy atom. The third kappa shape index (κ3) is 4.83. The van der Waals surface area contributed by atoms with Crippen LogP contribution in [0, 0.1) is 5.92 Å². The standard InChI is InChI=1S/C17H24N4.HI/c1-12(2)13(3)21-17(18-4)20-11-15-8-5-7-14-9-6-10-19-16(14)15;/h5-10,12-13H,11H2,1-4H3,(H2,18,20,21);1H. The van der Waals surface area contributed by atoms with Crippen molar-refractivity contribution in [2.75, 3.05) is 7.05 Å². The lowest BCUT2D eigenvalue weighted by molar-refractivity contribution is 0.481. The number of nitrogens with one attached hydrogen (secondary N) is 2. The molecule has 0 aliphatic carbocycles. The zero-order valence-electron chi connectivity index (χ0n) is 13.6. The van der Waals surface area contributed by atoms with E-state index in [4.69, 9.17) is 0 Å². The Hall–Kier alpha value is -1.37. The molecular formula is C17H25IN4. The van der Waals surface area contributed by atoms with Crippen molar-refractivity contribution < 1.29 is 0 Å². The van der Waals surface area contributed by atoms with Crippen LogP contribution >= 0.6 is 24.0 Å². The molecule has 4 nitrogen and oxygen atoms in total. The number of nitrogens with zero attached hydrogens (tertiary/aromatic N) is 2. The Balaban J connectivity index is 0.00000242. The van der Waals surface area contributed by atoms with Gasteiger partial charge in [0.05, 0.1) is 5.52 Å². The van der Waals surface area contributed by atoms with Gasteiger partial charge in [0.1, 0.15) is 0 Å². The normalized spacial score (nSPS) is 12.9. The zero-order chi connectivity index (χ0) is 15.2. The van der Waals surface area contributed by atoms with Gasteiger partial charge in [-0.3, -0.25) is 9.98 Å². The van der Waals surface area contributed by atoms with Crippen LogP contribution in [-0.2, 0) is 6.54 Å². The average Bonchev–Trinajstić information content (AvgIpc) is 2.51. The Labute approximate surface area is 149 Å². The van der Waals surface area contributed by atoms with E-state index in [1.807, 2.05) is 12.3 Å². The molecule has 22 heavy (non-hydrogen) atoms. The summed E-state index contributed by atoms with van der Waals surface area (Å²) in [5.41, 5.74) is 2.22. The fraction of sp³-hybridized carbons (Fsp3) is 0.412. The Morgan fingerprint density at radius 3 is 2.59 bits per heavy atom. The first-order chi connectivity index (χ1) is 10.1. The van der Waals surface area contributed by atoms with Crippen molar-refractivity contribution in [3.8, 4) is 0 Å². The molecular weight excluding hydrogens is 387 g/mol. The maximum atomic E-state index is 4.47. The summed E-state index contributed by atoms with van der Waals surface area (Å²) in [7, 11) is 1.80. The Kier molecular flexibility index (Phi) is 7.58. The van der Waals surface area contributed by atoms with Crippen molar-refractivity contribution in [2.24, 2.45) is 10.9 Å². The number of aliphatic imine (C=N–C) groups is 1. The second-order valence-corrected chi connectivity index (χ2v) is 5.60. The van der Waals surface area contributed by atoms with Crippen molar-refractivity contribution in [3.63, 3.8) is 0 Å². The summed E-state index contributed by atoms with van der Waals surface area (Å²) in [6.45, 7) is 7.26. The lowest BCUT2D eigenvalue weighted by Gasteiger charge is -2.21. The van der Waals surface area contributed by atoms with E-state index in [1.54, 1.807) is 7.05 Å². The lowest BCUT2D eigenvalue weighted by atomic mass is 10.1. The predicted molar refractivity (Wildman–Crippen MR) is 105 cm³/mol. The minimum Gasteiger partial charge on any atom is -0.354 e. The lowest BCUT2D eigenvalue weighted by Crippen LogP contribution is -2.43. The molecule has 0 saturated carbocycles. The molecule has 0 aliphatic heterocycles. The number of guanidine groups is 1. The van der Waals surface area contributed by atoms with Gasteiger partial charge in [-0.15, -0.1) is 24.0 Å². The molecule has 0 amide bonds. The number of rotatable bonds is 4. The highest BCUT2D eigenvalue weighted by molar-refractivity contribution is 14.0. The summed E-state index contributed by atoms with van der Waals surface area (Å²) in [4.78, 5) is 8.75. The summed E-state index contributed by atoms with van der Waals surface area (Å²) in [6.07, 6.45) is 1.83. The Morgan fingerprint density at radius 2 is 1.91 bits per heavy atom. The molecule has 0 aliphatic rings. The molecule has 5 heteroatoms. The van der Waals surface area contributed by atoms with Crippen LogP contribution in [0.3, 0.4) is 0 Å². The highest BCUT2D eigenvalue weighted by Crippen LogP contribution is 2.15. The molecule has 1 heterocycles. The SMILES string of the molecule is CN=C(NCc1cccc2cccnc12)NC(C)C(C)C.I. The number of fused-ring (bicyclic) bond motifs is 1. The summed E-state index contributed by atoms with van der Waals surface area (Å²) >= 11 is 0. The second-order valence-electron chi connectivity index (χ2n) is 5.60. The van der Waals surface area contributed by atoms with E-state index in [0.29, 0.717) is 18.5 Å². The van der Waals surface area contributed by atoms with Gasteiger partial charge in [0.2, 0.25) is 0 Å². The number of benzene rings is 1. The predicted octanol–water partition coefficient (Wildman–Crippen LogP) is 3.56. The van der Waals surface area contributed by atoms with Gasteiger partial charge >= 0.3 is 0 Å². The molecule has 1 aromatic carbocycles. The van der Waals surface area contributed by atoms with Crippen LogP contribution in [0.5, 0.6) is 0 Å². The number of hydrogen-bond donors (Lipinski definition) is 2. The molecule has 0 spiro atoms. The quantitative estimate of drug-likeness (QED) is 0.459. The number of hydrogen-bond acceptors (Lipinski definition) is 2. The first-order valence-corrected chi connectivity index (χ1v) is 7.41. The maximum absolute atomic E-state index is 4.47. The van der Waals surface area contributed by atoms with Crippen LogP contribution < -0.4 is 10.6 Å². The molecule has 1 unspecified atom stereocenters. The summed E-state index contributed by atoms with van der Waals surface area (Å²) in [5, 5.41) is 7.93. The summed E-state index contributed by atoms with van der Waals surface area (Å²) < 4.78 is 0. The van der Waals surface area contributed by atoms with Gasteiger partial charge in [0, 0.05) is 31.2 Å². The van der Waals surface area contributed by atoms with E-state index >= 15 is 0 Å². The molecule has 2 N–H and O–H groups in total. The molecule has 0 saturated heterocycles. The highest BCUT2D eigenvalue weighted by atomic mass is 127. The maximum Gasteiger partial charge on any atom is 0.191 e. The van der Waals surface area contributed by atoms with Gasteiger partial charge in [0.25, 0.3) is 0 Å². The molecule has 1 atom stereocenters. The van der Waals surface area contributed by atoms with Gasteiger partial charge < -0.3 is 10.6 Å². The number of halogens is 1. The largest absolute Gasteiger partial charge is 0.354 e. The topological polar surface area (TPSA) is 49.3 Å². The van der Waals surface area contributed by atoms with E-state index in [-0.39, 0.29) is 24.0 Å². The highest BCUT2D eigenvalue weighted by Gasteiger charge is 2.09. The van der Waals surface area contributed by atoms with Gasteiger partial charge in [-0.1, -0.05) is 38.1 Å². The molecule has 0 fully saturated rings. The van der Waals surface area contributed by atoms with E-state index in [9.17, 15) is 0 Å². The monoisotopic (exact) mass is 412 g/mol. The minimum absolute atomic E-state index is 0. The van der Waals surface area contributed by atoms with E-state index in [2.05, 4.69) is 65.6 Å². The summed E-state index contributed by atoms with van der Waals surface area (Å²) in [6, 6.07) is 10.7. The van der Waals surface area contributed by atoms with E-state index in [0.717, 1.165) is 16.9 Å². The van der Waals surface area contributed by atoms with Crippen LogP contribution in [0.4, 0.5) is 0 Å². The van der Waals surface area contributed by atoms with Gasteiger partial charge in [-0.05, 0) is 24.5 Å². The van der Waals surface area contributed by atoms with Crippen molar-refractivity contribution in [1.82, 2.24) is 15.6 Å². The minimum atomic E-state index is 0. The number of aromatic nitrogens is 1. The fourth-order valence-corrected chi connectivity index (χ4v) is 2.07. The first-order valence-electron chi connectivity index (χ1n) is 7.41. The van der Waals surface area contributed by atoms with Crippen LogP contribution in [0.25, 0.3) is 10.9 Å². The molecule has 0 bridgehead atoms. The van der Waals surface area contributed by atoms with E-state index in [1.165, 1.54) is 5.56 Å². The van der Waals surface area contributed by atoms with Crippen molar-refractivity contribution in [2.45, 2.75) is 33.4 Å². The number of para-hydroxylation sites is 1. The fourth-order valence-electron chi connectivity index (χ4n) is 2.07. The second kappa shape index (κ2) is 8.92. The van der Waals surface area contributed by atoms with Crippen LogP contribution in [0.15, 0.2) is 41.5 Å². The van der Waals surface area contributed by atoms with Crippen molar-refractivity contribution >= 4 is 40.8 Å². The van der Waals surface area contributed by atoms with Crippen LogP contribution in [0.2, 0.25) is 0 Å². The third-order valence-electron chi connectivity index (χ3n) is 3.75. The molecule has 2 rings (SSSR count). The molecule has 1 aromatic heterocycles. The number of pyridine rings is 1.